The highest BCUT2D eigenvalue weighted by Gasteiger charge is 2.34. The molecule has 0 saturated heterocycles. The van der Waals surface area contributed by atoms with Crippen molar-refractivity contribution in [1.29, 1.82) is 0 Å². The molecule has 0 bridgehead atoms. The fraction of sp³-hybridized carbons (Fsp3) is 0.167. The smallest absolute Gasteiger partial charge is 0.426 e. The van der Waals surface area contributed by atoms with E-state index in [1.165, 1.54) is 42.5 Å². The predicted octanol–water partition coefficient (Wildman–Crippen LogP) is 10.1. The van der Waals surface area contributed by atoms with Gasteiger partial charge in [-0.3, -0.25) is 0 Å². The first-order valence-corrected chi connectivity index (χ1v) is 14.2. The Morgan fingerprint density at radius 2 is 1.34 bits per heavy atom. The Labute approximate surface area is 252 Å². The van der Waals surface area contributed by atoms with Gasteiger partial charge in [-0.25, -0.2) is 23.1 Å². The summed E-state index contributed by atoms with van der Waals surface area (Å²) in [4.78, 5) is 8.70. The van der Waals surface area contributed by atoms with Crippen LogP contribution in [0.5, 0.6) is 5.75 Å². The minimum Gasteiger partial charge on any atom is -0.429 e. The van der Waals surface area contributed by atoms with E-state index in [1.807, 2.05) is 13.0 Å². The molecule has 224 valence electrons. The van der Waals surface area contributed by atoms with Gasteiger partial charge in [0, 0.05) is 35.2 Å². The number of aryl methyl sites for hydroxylation is 2. The third-order valence-corrected chi connectivity index (χ3v) is 7.23. The van der Waals surface area contributed by atoms with Crippen LogP contribution in [0.25, 0.3) is 33.6 Å². The number of nitrogens with zero attached hydrogens (tertiary/aromatic N) is 2. The highest BCUT2D eigenvalue weighted by Crippen LogP contribution is 2.35. The first-order chi connectivity index (χ1) is 21.2. The summed E-state index contributed by atoms with van der Waals surface area (Å²) in [5.74, 6) is -1.76. The van der Waals surface area contributed by atoms with E-state index in [0.29, 0.717) is 34.5 Å². The molecule has 0 aliphatic rings. The minimum atomic E-state index is -3.75. The number of aromatic nitrogens is 2. The van der Waals surface area contributed by atoms with Crippen LogP contribution in [0.3, 0.4) is 0 Å². The highest BCUT2D eigenvalue weighted by molar-refractivity contribution is 5.73. The summed E-state index contributed by atoms with van der Waals surface area (Å²) < 4.78 is 78.7. The molecule has 5 rings (SSSR count). The average Bonchev–Trinajstić information content (AvgIpc) is 3.01. The number of hydrogen-bond donors (Lipinski definition) is 0. The second kappa shape index (κ2) is 13.2. The maximum atomic E-state index is 15.2. The first kappa shape index (κ1) is 30.6. The van der Waals surface area contributed by atoms with Crippen LogP contribution in [0, 0.1) is 17.5 Å². The number of alkyl halides is 2. The topological polar surface area (TPSA) is 35.0 Å². The van der Waals surface area contributed by atoms with Crippen molar-refractivity contribution in [3.05, 3.63) is 138 Å². The van der Waals surface area contributed by atoms with Gasteiger partial charge in [-0.05, 0) is 78.8 Å². The number of allylic oxidation sites excluding steroid dienone is 2. The summed E-state index contributed by atoms with van der Waals surface area (Å²) in [7, 11) is 0. The number of hydrogen-bond acceptors (Lipinski definition) is 3. The molecule has 0 atom stereocenters. The molecule has 1 heterocycles. The van der Waals surface area contributed by atoms with Crippen LogP contribution >= 0.6 is 0 Å². The first-order valence-electron chi connectivity index (χ1n) is 14.2. The summed E-state index contributed by atoms with van der Waals surface area (Å²) in [6.07, 6.45) is 5.85. The van der Waals surface area contributed by atoms with Crippen LogP contribution in [-0.2, 0) is 19.0 Å². The Kier molecular flexibility index (Phi) is 9.18. The van der Waals surface area contributed by atoms with E-state index >= 15 is 8.78 Å². The molecule has 0 amide bonds. The number of halogens is 5. The SMILES string of the molecule is C/C=C/CCc1cnc(-c2ccc(-c3ccc(-c4ccc(C(F)(F)Oc5ccc(CC)c(F)c5)cc4)c(F)c3)c(F)c2)nc1. The Morgan fingerprint density at radius 3 is 1.95 bits per heavy atom. The molecule has 0 fully saturated rings. The lowest BCUT2D eigenvalue weighted by molar-refractivity contribution is -0.185. The number of ether oxygens (including phenoxy) is 1. The fourth-order valence-electron chi connectivity index (χ4n) is 4.78. The van der Waals surface area contributed by atoms with Gasteiger partial charge in [-0.2, -0.15) is 8.78 Å². The predicted molar refractivity (Wildman–Crippen MR) is 162 cm³/mol. The van der Waals surface area contributed by atoms with Crippen molar-refractivity contribution in [3.63, 3.8) is 0 Å². The summed E-state index contributed by atoms with van der Waals surface area (Å²) in [6.45, 7) is 3.72. The Hall–Kier alpha value is -4.85. The zero-order valence-corrected chi connectivity index (χ0v) is 24.1. The van der Waals surface area contributed by atoms with Crippen LogP contribution in [0.15, 0.2) is 103 Å². The van der Waals surface area contributed by atoms with Gasteiger partial charge in [-0.15, -0.1) is 0 Å². The molecule has 44 heavy (non-hydrogen) atoms. The van der Waals surface area contributed by atoms with Crippen LogP contribution in [0.1, 0.15) is 37.0 Å². The van der Waals surface area contributed by atoms with Crippen molar-refractivity contribution >= 4 is 0 Å². The van der Waals surface area contributed by atoms with Crippen molar-refractivity contribution in [2.75, 3.05) is 0 Å². The molecule has 8 heteroatoms. The number of benzene rings is 4. The average molecular weight is 601 g/mol. The van der Waals surface area contributed by atoms with E-state index in [2.05, 4.69) is 16.0 Å². The molecular weight excluding hydrogens is 571 g/mol. The molecule has 0 aliphatic carbocycles. The zero-order chi connectivity index (χ0) is 31.3. The second-order valence-electron chi connectivity index (χ2n) is 10.2. The maximum absolute atomic E-state index is 15.2. The largest absolute Gasteiger partial charge is 0.429 e. The fourth-order valence-corrected chi connectivity index (χ4v) is 4.78. The molecule has 4 aromatic carbocycles. The summed E-state index contributed by atoms with van der Waals surface area (Å²) >= 11 is 0. The van der Waals surface area contributed by atoms with Crippen LogP contribution < -0.4 is 4.74 Å². The van der Waals surface area contributed by atoms with Crippen molar-refractivity contribution in [3.8, 4) is 39.4 Å². The molecule has 0 saturated carbocycles. The molecule has 0 spiro atoms. The van der Waals surface area contributed by atoms with Crippen LogP contribution in [0.4, 0.5) is 22.0 Å². The van der Waals surface area contributed by atoms with Gasteiger partial charge in [0.15, 0.2) is 5.82 Å². The standard InChI is InChI=1S/C36H29F5N2O/c1-3-5-6-7-23-21-42-35(43-22-23)27-12-17-31(34(39)19-27)26-11-16-30(33(38)18-26)25-8-13-28(14-9-25)36(40,41)44-29-15-10-24(4-2)32(37)20-29/h3,5,8-22H,4,6-7H2,1-2H3/b5-3+. The van der Waals surface area contributed by atoms with Gasteiger partial charge < -0.3 is 4.74 Å². The Morgan fingerprint density at radius 1 is 0.727 bits per heavy atom. The molecule has 3 nitrogen and oxygen atoms in total. The van der Waals surface area contributed by atoms with Gasteiger partial charge in [0.2, 0.25) is 0 Å². The van der Waals surface area contributed by atoms with Crippen molar-refractivity contribution < 1.29 is 26.7 Å². The van der Waals surface area contributed by atoms with E-state index in [-0.39, 0.29) is 16.9 Å². The van der Waals surface area contributed by atoms with E-state index in [1.54, 1.807) is 37.5 Å². The van der Waals surface area contributed by atoms with Crippen molar-refractivity contribution in [1.82, 2.24) is 9.97 Å². The molecular formula is C36H29F5N2O. The lowest BCUT2D eigenvalue weighted by Crippen LogP contribution is -2.21. The summed E-state index contributed by atoms with van der Waals surface area (Å²) in [6, 6.07) is 17.3. The van der Waals surface area contributed by atoms with E-state index in [0.717, 1.165) is 36.6 Å². The van der Waals surface area contributed by atoms with Crippen LogP contribution in [-0.4, -0.2) is 9.97 Å². The Bertz CT molecular complexity index is 1780. The third kappa shape index (κ3) is 6.86. The van der Waals surface area contributed by atoms with Gasteiger partial charge >= 0.3 is 6.11 Å². The lowest BCUT2D eigenvalue weighted by atomic mass is 9.97. The van der Waals surface area contributed by atoms with E-state index in [9.17, 15) is 13.2 Å². The zero-order valence-electron chi connectivity index (χ0n) is 24.1. The van der Waals surface area contributed by atoms with Crippen molar-refractivity contribution in [2.24, 2.45) is 0 Å². The van der Waals surface area contributed by atoms with Gasteiger partial charge in [0.25, 0.3) is 0 Å². The number of rotatable bonds is 10. The van der Waals surface area contributed by atoms with Crippen LogP contribution in [0.2, 0.25) is 0 Å². The summed E-state index contributed by atoms with van der Waals surface area (Å²) in [5.41, 5.74) is 2.39. The quantitative estimate of drug-likeness (QED) is 0.118. The molecule has 0 aliphatic heterocycles. The molecule has 0 unspecified atom stereocenters. The highest BCUT2D eigenvalue weighted by atomic mass is 19.3. The third-order valence-electron chi connectivity index (χ3n) is 7.23. The second-order valence-corrected chi connectivity index (χ2v) is 10.2. The van der Waals surface area contributed by atoms with E-state index < -0.39 is 29.1 Å². The normalized spacial score (nSPS) is 11.7. The summed E-state index contributed by atoms with van der Waals surface area (Å²) in [5, 5.41) is 0. The van der Waals surface area contributed by atoms with Gasteiger partial charge in [0.05, 0.1) is 5.56 Å². The molecule has 5 aromatic rings. The Balaban J connectivity index is 1.31. The van der Waals surface area contributed by atoms with Gasteiger partial charge in [0.1, 0.15) is 23.2 Å². The maximum Gasteiger partial charge on any atom is 0.426 e. The monoisotopic (exact) mass is 600 g/mol. The lowest BCUT2D eigenvalue weighted by Gasteiger charge is -2.19. The minimum absolute atomic E-state index is 0.154. The molecule has 1 aromatic heterocycles. The van der Waals surface area contributed by atoms with Gasteiger partial charge in [-0.1, -0.05) is 61.5 Å². The molecule has 0 N–H and O–H groups in total. The van der Waals surface area contributed by atoms with Crippen molar-refractivity contribution in [2.45, 2.75) is 39.2 Å². The molecule has 0 radical (unpaired) electrons. The van der Waals surface area contributed by atoms with E-state index in [4.69, 9.17) is 4.74 Å².